The molecule has 1 amide bonds. The fourth-order valence-electron chi connectivity index (χ4n) is 3.60. The third kappa shape index (κ3) is 3.18. The van der Waals surface area contributed by atoms with E-state index in [2.05, 4.69) is 10.2 Å². The van der Waals surface area contributed by atoms with Crippen LogP contribution in [0.4, 0.5) is 11.4 Å². The van der Waals surface area contributed by atoms with Gasteiger partial charge in [0.15, 0.2) is 0 Å². The second-order valence-electron chi connectivity index (χ2n) is 7.18. The first-order valence-corrected chi connectivity index (χ1v) is 9.36. The largest absolute Gasteiger partial charge is 0.378 e. The van der Waals surface area contributed by atoms with Crippen LogP contribution >= 0.6 is 0 Å². The Morgan fingerprint density at radius 1 is 1.00 bits per heavy atom. The number of fused-ring (bicyclic) bond motifs is 1. The molecule has 4 rings (SSSR count). The Kier molecular flexibility index (Phi) is 4.68. The third-order valence-corrected chi connectivity index (χ3v) is 5.30. The molecule has 146 valence electrons. The number of rotatable bonds is 3. The van der Waals surface area contributed by atoms with Crippen molar-refractivity contribution >= 4 is 28.3 Å². The third-order valence-electron chi connectivity index (χ3n) is 5.30. The Labute approximate surface area is 163 Å². The number of hydrogen-bond donors (Lipinski definition) is 1. The highest BCUT2D eigenvalue weighted by Gasteiger charge is 2.20. The van der Waals surface area contributed by atoms with E-state index in [1.807, 2.05) is 43.3 Å². The molecule has 2 aromatic carbocycles. The summed E-state index contributed by atoms with van der Waals surface area (Å²) in [6.45, 7) is 4.73. The molecule has 1 fully saturated rings. The fraction of sp³-hybridized carbons (Fsp3) is 0.333. The number of nitrogens with one attached hydrogen (secondary N) is 1. The number of ether oxygens (including phenoxy) is 1. The highest BCUT2D eigenvalue weighted by molar-refractivity contribution is 6.07. The first-order chi connectivity index (χ1) is 13.5. The second kappa shape index (κ2) is 7.16. The number of imidazole rings is 1. The van der Waals surface area contributed by atoms with Gasteiger partial charge in [-0.05, 0) is 31.2 Å². The predicted molar refractivity (Wildman–Crippen MR) is 110 cm³/mol. The summed E-state index contributed by atoms with van der Waals surface area (Å²) < 4.78 is 8.70. The number of nitrogens with zero attached hydrogens (tertiary/aromatic N) is 3. The molecule has 1 aliphatic heterocycles. The highest BCUT2D eigenvalue weighted by atomic mass is 16.5. The van der Waals surface area contributed by atoms with Crippen LogP contribution in [0, 0.1) is 6.92 Å². The molecule has 2 heterocycles. The summed E-state index contributed by atoms with van der Waals surface area (Å²) in [6, 6.07) is 11.3. The number of carbonyl (C=O) groups excluding carboxylic acids is 1. The standard InChI is InChI=1S/C21H24N4O3/c1-14-4-6-15(7-5-14)20(26)22-16-12-18-19(24(3)21(27)23(18)2)13-17(16)25-8-10-28-11-9-25/h4-7,12-13H,8-11H2,1-3H3,(H,22,26). The van der Waals surface area contributed by atoms with Crippen molar-refractivity contribution in [2.75, 3.05) is 36.5 Å². The number of amides is 1. The zero-order valence-corrected chi connectivity index (χ0v) is 16.4. The van der Waals surface area contributed by atoms with Gasteiger partial charge in [0.25, 0.3) is 5.91 Å². The molecule has 28 heavy (non-hydrogen) atoms. The molecule has 7 heteroatoms. The summed E-state index contributed by atoms with van der Waals surface area (Å²) >= 11 is 0. The number of aryl methyl sites for hydroxylation is 3. The number of morpholine rings is 1. The average Bonchev–Trinajstić information content (AvgIpc) is 2.92. The number of anilines is 2. The van der Waals surface area contributed by atoms with Crippen LogP contribution in [0.2, 0.25) is 0 Å². The number of carbonyl (C=O) groups is 1. The minimum atomic E-state index is -0.171. The summed E-state index contributed by atoms with van der Waals surface area (Å²) in [5.74, 6) is -0.171. The van der Waals surface area contributed by atoms with Gasteiger partial charge in [-0.1, -0.05) is 17.7 Å². The molecule has 3 aromatic rings. The van der Waals surface area contributed by atoms with Crippen LogP contribution in [0.15, 0.2) is 41.2 Å². The number of benzene rings is 2. The van der Waals surface area contributed by atoms with Crippen LogP contribution in [0.1, 0.15) is 15.9 Å². The van der Waals surface area contributed by atoms with Crippen molar-refractivity contribution in [1.82, 2.24) is 9.13 Å². The Bertz CT molecular complexity index is 1090. The maximum absolute atomic E-state index is 12.8. The van der Waals surface area contributed by atoms with Crippen LogP contribution in [-0.2, 0) is 18.8 Å². The lowest BCUT2D eigenvalue weighted by atomic mass is 10.1. The van der Waals surface area contributed by atoms with E-state index in [1.165, 1.54) is 0 Å². The van der Waals surface area contributed by atoms with E-state index in [0.29, 0.717) is 24.5 Å². The van der Waals surface area contributed by atoms with Gasteiger partial charge < -0.3 is 15.0 Å². The maximum Gasteiger partial charge on any atom is 0.328 e. The van der Waals surface area contributed by atoms with Gasteiger partial charge in [-0.25, -0.2) is 4.79 Å². The Morgan fingerprint density at radius 2 is 1.61 bits per heavy atom. The molecule has 0 unspecified atom stereocenters. The van der Waals surface area contributed by atoms with Crippen LogP contribution in [0.3, 0.4) is 0 Å². The topological polar surface area (TPSA) is 68.5 Å². The van der Waals surface area contributed by atoms with E-state index < -0.39 is 0 Å². The number of aromatic nitrogens is 2. The Morgan fingerprint density at radius 3 is 2.25 bits per heavy atom. The molecule has 0 atom stereocenters. The van der Waals surface area contributed by atoms with Crippen molar-refractivity contribution < 1.29 is 9.53 Å². The van der Waals surface area contributed by atoms with E-state index in [-0.39, 0.29) is 11.6 Å². The second-order valence-corrected chi connectivity index (χ2v) is 7.18. The van der Waals surface area contributed by atoms with Crippen molar-refractivity contribution in [1.29, 1.82) is 0 Å². The molecule has 0 aliphatic carbocycles. The van der Waals surface area contributed by atoms with E-state index >= 15 is 0 Å². The average molecular weight is 380 g/mol. The molecular formula is C21H24N4O3. The van der Waals surface area contributed by atoms with Crippen LogP contribution < -0.4 is 15.9 Å². The molecule has 1 saturated heterocycles. The highest BCUT2D eigenvalue weighted by Crippen LogP contribution is 2.32. The molecule has 1 aromatic heterocycles. The molecule has 1 aliphatic rings. The lowest BCUT2D eigenvalue weighted by Gasteiger charge is -2.30. The van der Waals surface area contributed by atoms with Crippen molar-refractivity contribution in [3.8, 4) is 0 Å². The first-order valence-electron chi connectivity index (χ1n) is 9.36. The van der Waals surface area contributed by atoms with Gasteiger partial charge in [-0.2, -0.15) is 0 Å². The zero-order chi connectivity index (χ0) is 19.8. The SMILES string of the molecule is Cc1ccc(C(=O)Nc2cc3c(cc2N2CCOCC2)n(C)c(=O)n3C)cc1. The van der Waals surface area contributed by atoms with Gasteiger partial charge in [0, 0.05) is 32.7 Å². The monoisotopic (exact) mass is 380 g/mol. The van der Waals surface area contributed by atoms with Gasteiger partial charge in [0.05, 0.1) is 35.6 Å². The molecular weight excluding hydrogens is 356 g/mol. The molecule has 0 saturated carbocycles. The van der Waals surface area contributed by atoms with E-state index in [4.69, 9.17) is 4.74 Å². The Balaban J connectivity index is 1.80. The van der Waals surface area contributed by atoms with Gasteiger partial charge >= 0.3 is 5.69 Å². The summed E-state index contributed by atoms with van der Waals surface area (Å²) in [6.07, 6.45) is 0. The van der Waals surface area contributed by atoms with Crippen LogP contribution in [0.5, 0.6) is 0 Å². The Hall–Kier alpha value is -3.06. The van der Waals surface area contributed by atoms with Gasteiger partial charge in [0.1, 0.15) is 0 Å². The quantitative estimate of drug-likeness (QED) is 0.757. The minimum Gasteiger partial charge on any atom is -0.378 e. The molecule has 0 radical (unpaired) electrons. The van der Waals surface area contributed by atoms with Crippen LogP contribution in [0.25, 0.3) is 11.0 Å². The van der Waals surface area contributed by atoms with Crippen molar-refractivity contribution in [2.24, 2.45) is 14.1 Å². The predicted octanol–water partition coefficient (Wildman–Crippen LogP) is 2.27. The summed E-state index contributed by atoms with van der Waals surface area (Å²) in [7, 11) is 3.50. The number of hydrogen-bond acceptors (Lipinski definition) is 4. The van der Waals surface area contributed by atoms with E-state index in [1.54, 1.807) is 23.2 Å². The maximum atomic E-state index is 12.8. The smallest absolute Gasteiger partial charge is 0.328 e. The fourth-order valence-corrected chi connectivity index (χ4v) is 3.60. The molecule has 0 spiro atoms. The molecule has 1 N–H and O–H groups in total. The van der Waals surface area contributed by atoms with E-state index in [9.17, 15) is 9.59 Å². The lowest BCUT2D eigenvalue weighted by Crippen LogP contribution is -2.36. The van der Waals surface area contributed by atoms with Crippen molar-refractivity contribution in [3.05, 3.63) is 58.0 Å². The molecule has 7 nitrogen and oxygen atoms in total. The minimum absolute atomic E-state index is 0.0926. The zero-order valence-electron chi connectivity index (χ0n) is 16.4. The summed E-state index contributed by atoms with van der Waals surface area (Å²) in [5.41, 5.74) is 4.82. The first kappa shape index (κ1) is 18.3. The normalized spacial score (nSPS) is 14.5. The lowest BCUT2D eigenvalue weighted by molar-refractivity contribution is 0.102. The van der Waals surface area contributed by atoms with Gasteiger partial charge in [-0.3, -0.25) is 13.9 Å². The summed E-state index contributed by atoms with van der Waals surface area (Å²) in [4.78, 5) is 27.4. The van der Waals surface area contributed by atoms with Crippen molar-refractivity contribution in [2.45, 2.75) is 6.92 Å². The van der Waals surface area contributed by atoms with Crippen LogP contribution in [-0.4, -0.2) is 41.3 Å². The summed E-state index contributed by atoms with van der Waals surface area (Å²) in [5, 5.41) is 3.05. The van der Waals surface area contributed by atoms with Gasteiger partial charge in [0.2, 0.25) is 0 Å². The van der Waals surface area contributed by atoms with Crippen molar-refractivity contribution in [3.63, 3.8) is 0 Å². The van der Waals surface area contributed by atoms with E-state index in [0.717, 1.165) is 35.4 Å². The van der Waals surface area contributed by atoms with Gasteiger partial charge in [-0.15, -0.1) is 0 Å². The molecule has 0 bridgehead atoms.